The molecule has 0 saturated heterocycles. The lowest BCUT2D eigenvalue weighted by Crippen LogP contribution is -2.30. The maximum Gasteiger partial charge on any atom is 0.258 e. The standard InChI is InChI=1S/C21H25N5O3S/c1-4-26(5-2)30(28,29)18-12-11-16(3)19(13-18)20(27)23-21-22-15-25(24-21)14-17-9-7-6-8-10-17/h6-13,15H,4-5,14H2,1-3H3,(H,23,24,27). The molecule has 1 aromatic heterocycles. The molecule has 158 valence electrons. The molecule has 2 aromatic carbocycles. The Morgan fingerprint density at radius 2 is 1.80 bits per heavy atom. The number of nitrogens with one attached hydrogen (secondary N) is 1. The van der Waals surface area contributed by atoms with Crippen molar-refractivity contribution >= 4 is 21.9 Å². The molecule has 0 saturated carbocycles. The van der Waals surface area contributed by atoms with E-state index in [1.165, 1.54) is 22.8 Å². The first-order valence-corrected chi connectivity index (χ1v) is 11.1. The molecule has 1 N–H and O–H groups in total. The van der Waals surface area contributed by atoms with Gasteiger partial charge in [0.05, 0.1) is 11.4 Å². The second-order valence-electron chi connectivity index (χ2n) is 6.77. The van der Waals surface area contributed by atoms with Crippen LogP contribution in [0, 0.1) is 6.92 Å². The first-order valence-electron chi connectivity index (χ1n) is 9.70. The molecule has 0 bridgehead atoms. The SMILES string of the molecule is CCN(CC)S(=O)(=O)c1ccc(C)c(C(=O)Nc2ncn(Cc3ccccc3)n2)c1. The van der Waals surface area contributed by atoms with Crippen molar-refractivity contribution in [3.05, 3.63) is 71.5 Å². The summed E-state index contributed by atoms with van der Waals surface area (Å²) in [4.78, 5) is 17.0. The molecule has 0 unspecified atom stereocenters. The van der Waals surface area contributed by atoms with Gasteiger partial charge in [0.15, 0.2) is 0 Å². The average molecular weight is 428 g/mol. The van der Waals surface area contributed by atoms with E-state index in [2.05, 4.69) is 15.4 Å². The first kappa shape index (κ1) is 21.7. The highest BCUT2D eigenvalue weighted by atomic mass is 32.2. The van der Waals surface area contributed by atoms with Gasteiger partial charge in [0.2, 0.25) is 16.0 Å². The van der Waals surface area contributed by atoms with Crippen molar-refractivity contribution < 1.29 is 13.2 Å². The van der Waals surface area contributed by atoms with E-state index in [9.17, 15) is 13.2 Å². The Labute approximate surface area is 176 Å². The molecule has 0 atom stereocenters. The Balaban J connectivity index is 1.79. The maximum absolute atomic E-state index is 12.8. The van der Waals surface area contributed by atoms with Crippen LogP contribution in [0.4, 0.5) is 5.95 Å². The molecule has 0 aliphatic heterocycles. The number of nitrogens with zero attached hydrogens (tertiary/aromatic N) is 4. The van der Waals surface area contributed by atoms with Crippen LogP contribution in [0.2, 0.25) is 0 Å². The van der Waals surface area contributed by atoms with Crippen molar-refractivity contribution in [1.29, 1.82) is 0 Å². The van der Waals surface area contributed by atoms with Gasteiger partial charge in [0.1, 0.15) is 6.33 Å². The van der Waals surface area contributed by atoms with Crippen molar-refractivity contribution in [1.82, 2.24) is 19.1 Å². The van der Waals surface area contributed by atoms with Gasteiger partial charge >= 0.3 is 0 Å². The zero-order valence-corrected chi connectivity index (χ0v) is 18.1. The highest BCUT2D eigenvalue weighted by molar-refractivity contribution is 7.89. The first-order chi connectivity index (χ1) is 14.3. The third-order valence-corrected chi connectivity index (χ3v) is 6.79. The van der Waals surface area contributed by atoms with Crippen LogP contribution in [0.3, 0.4) is 0 Å². The van der Waals surface area contributed by atoms with Crippen LogP contribution >= 0.6 is 0 Å². The molecule has 30 heavy (non-hydrogen) atoms. The fourth-order valence-electron chi connectivity index (χ4n) is 3.09. The summed E-state index contributed by atoms with van der Waals surface area (Å²) in [5.74, 6) is -0.297. The summed E-state index contributed by atoms with van der Waals surface area (Å²) in [7, 11) is -3.66. The fraction of sp³-hybridized carbons (Fsp3) is 0.286. The van der Waals surface area contributed by atoms with Gasteiger partial charge in [-0.1, -0.05) is 50.2 Å². The lowest BCUT2D eigenvalue weighted by Gasteiger charge is -2.19. The summed E-state index contributed by atoms with van der Waals surface area (Å²) in [5.41, 5.74) is 1.99. The minimum Gasteiger partial charge on any atom is -0.289 e. The number of aryl methyl sites for hydroxylation is 1. The van der Waals surface area contributed by atoms with Crippen molar-refractivity contribution in [3.63, 3.8) is 0 Å². The van der Waals surface area contributed by atoms with Crippen molar-refractivity contribution in [3.8, 4) is 0 Å². The van der Waals surface area contributed by atoms with Gasteiger partial charge in [-0.05, 0) is 30.2 Å². The van der Waals surface area contributed by atoms with Crippen molar-refractivity contribution in [2.24, 2.45) is 0 Å². The molecule has 8 nitrogen and oxygen atoms in total. The number of rotatable bonds is 8. The predicted octanol–water partition coefficient (Wildman–Crippen LogP) is 2.92. The molecule has 3 aromatic rings. The largest absolute Gasteiger partial charge is 0.289 e. The Hall–Kier alpha value is -3.04. The number of anilines is 1. The van der Waals surface area contributed by atoms with Crippen LogP contribution < -0.4 is 5.32 Å². The second-order valence-corrected chi connectivity index (χ2v) is 8.71. The molecule has 0 radical (unpaired) electrons. The molecule has 0 aliphatic carbocycles. The highest BCUT2D eigenvalue weighted by Crippen LogP contribution is 2.20. The van der Waals surface area contributed by atoms with Crippen LogP contribution in [0.25, 0.3) is 0 Å². The van der Waals surface area contributed by atoms with Gasteiger partial charge < -0.3 is 0 Å². The van der Waals surface area contributed by atoms with E-state index in [0.717, 1.165) is 5.56 Å². The molecule has 0 fully saturated rings. The Bertz CT molecular complexity index is 1120. The lowest BCUT2D eigenvalue weighted by atomic mass is 10.1. The zero-order chi connectivity index (χ0) is 21.7. The Morgan fingerprint density at radius 1 is 1.10 bits per heavy atom. The van der Waals surface area contributed by atoms with Crippen LogP contribution in [0.15, 0.2) is 59.8 Å². The van der Waals surface area contributed by atoms with E-state index in [4.69, 9.17) is 0 Å². The number of hydrogen-bond acceptors (Lipinski definition) is 5. The molecule has 0 aliphatic rings. The van der Waals surface area contributed by atoms with E-state index in [1.807, 2.05) is 30.3 Å². The minimum atomic E-state index is -3.66. The van der Waals surface area contributed by atoms with E-state index in [0.29, 0.717) is 25.2 Å². The van der Waals surface area contributed by atoms with E-state index >= 15 is 0 Å². The topological polar surface area (TPSA) is 97.2 Å². The number of aromatic nitrogens is 3. The van der Waals surface area contributed by atoms with Gasteiger partial charge in [-0.2, -0.15) is 4.31 Å². The average Bonchev–Trinajstić information content (AvgIpc) is 3.16. The van der Waals surface area contributed by atoms with Gasteiger partial charge in [0.25, 0.3) is 5.91 Å². The zero-order valence-electron chi connectivity index (χ0n) is 17.2. The van der Waals surface area contributed by atoms with Gasteiger partial charge in [-0.25, -0.2) is 18.1 Å². The normalized spacial score (nSPS) is 11.6. The van der Waals surface area contributed by atoms with Gasteiger partial charge in [-0.3, -0.25) is 10.1 Å². The maximum atomic E-state index is 12.8. The number of sulfonamides is 1. The van der Waals surface area contributed by atoms with E-state index in [1.54, 1.807) is 31.5 Å². The molecule has 1 heterocycles. The number of benzene rings is 2. The molecule has 1 amide bonds. The lowest BCUT2D eigenvalue weighted by molar-refractivity contribution is 0.102. The quantitative estimate of drug-likeness (QED) is 0.596. The molecule has 9 heteroatoms. The monoisotopic (exact) mass is 427 g/mol. The van der Waals surface area contributed by atoms with Crippen LogP contribution in [-0.2, 0) is 16.6 Å². The summed E-state index contributed by atoms with van der Waals surface area (Å²) < 4.78 is 28.5. The smallest absolute Gasteiger partial charge is 0.258 e. The molecular formula is C21H25N5O3S. The minimum absolute atomic E-state index is 0.0875. The third kappa shape index (κ3) is 4.74. The number of amides is 1. The van der Waals surface area contributed by atoms with E-state index in [-0.39, 0.29) is 16.4 Å². The summed E-state index contributed by atoms with van der Waals surface area (Å²) in [6.45, 7) is 6.55. The number of carbonyl (C=O) groups is 1. The predicted molar refractivity (Wildman–Crippen MR) is 115 cm³/mol. The Morgan fingerprint density at radius 3 is 2.47 bits per heavy atom. The highest BCUT2D eigenvalue weighted by Gasteiger charge is 2.23. The van der Waals surface area contributed by atoms with Gasteiger partial charge in [-0.15, -0.1) is 5.10 Å². The van der Waals surface area contributed by atoms with Gasteiger partial charge in [0, 0.05) is 18.7 Å². The number of carbonyl (C=O) groups excluding carboxylic acids is 1. The summed E-state index contributed by atoms with van der Waals surface area (Å²) >= 11 is 0. The van der Waals surface area contributed by atoms with Crippen molar-refractivity contribution in [2.45, 2.75) is 32.2 Å². The Kier molecular flexibility index (Phi) is 6.63. The van der Waals surface area contributed by atoms with Crippen LogP contribution in [0.1, 0.15) is 35.3 Å². The molecule has 0 spiro atoms. The van der Waals surface area contributed by atoms with Crippen LogP contribution in [0.5, 0.6) is 0 Å². The van der Waals surface area contributed by atoms with Crippen LogP contribution in [-0.4, -0.2) is 46.5 Å². The third-order valence-electron chi connectivity index (χ3n) is 4.75. The summed E-state index contributed by atoms with van der Waals surface area (Å²) in [6.07, 6.45) is 1.54. The van der Waals surface area contributed by atoms with Crippen molar-refractivity contribution in [2.75, 3.05) is 18.4 Å². The summed E-state index contributed by atoms with van der Waals surface area (Å²) in [6, 6.07) is 14.3. The fourth-order valence-corrected chi connectivity index (χ4v) is 4.57. The second kappa shape index (κ2) is 9.19. The molecule has 3 rings (SSSR count). The molecular weight excluding hydrogens is 402 g/mol. The van der Waals surface area contributed by atoms with E-state index < -0.39 is 15.9 Å². The summed E-state index contributed by atoms with van der Waals surface area (Å²) in [5, 5.41) is 6.92. The number of hydrogen-bond donors (Lipinski definition) is 1.